The second-order valence-corrected chi connectivity index (χ2v) is 4.07. The third-order valence-electron chi connectivity index (χ3n) is 2.75. The molecule has 0 aliphatic rings. The van der Waals surface area contributed by atoms with Gasteiger partial charge in [0.15, 0.2) is 0 Å². The monoisotopic (exact) mass is 228 g/mol. The molecule has 1 N–H and O–H groups in total. The first-order chi connectivity index (χ1) is 8.24. The SMILES string of the molecule is C=Cc1cc(C)ccc1-c1coc(CCO)c1. The zero-order valence-corrected chi connectivity index (χ0v) is 9.94. The number of rotatable bonds is 4. The average Bonchev–Trinajstić information content (AvgIpc) is 2.78. The minimum atomic E-state index is 0.106. The summed E-state index contributed by atoms with van der Waals surface area (Å²) in [6, 6.07) is 8.20. The third kappa shape index (κ3) is 2.48. The van der Waals surface area contributed by atoms with Crippen molar-refractivity contribution in [1.29, 1.82) is 0 Å². The summed E-state index contributed by atoms with van der Waals surface area (Å²) in [6.45, 7) is 6.00. The van der Waals surface area contributed by atoms with Crippen LogP contribution in [0.3, 0.4) is 0 Å². The molecule has 0 bridgehead atoms. The Morgan fingerprint density at radius 1 is 1.35 bits per heavy atom. The molecule has 2 aromatic rings. The third-order valence-corrected chi connectivity index (χ3v) is 2.75. The predicted octanol–water partition coefficient (Wildman–Crippen LogP) is 3.43. The number of aryl methyl sites for hydroxylation is 1. The maximum Gasteiger partial charge on any atom is 0.106 e. The van der Waals surface area contributed by atoms with E-state index in [4.69, 9.17) is 9.52 Å². The van der Waals surface area contributed by atoms with Gasteiger partial charge in [0.1, 0.15) is 5.76 Å². The molecule has 0 amide bonds. The Morgan fingerprint density at radius 3 is 2.88 bits per heavy atom. The summed E-state index contributed by atoms with van der Waals surface area (Å²) in [5.74, 6) is 0.804. The first kappa shape index (κ1) is 11.7. The summed E-state index contributed by atoms with van der Waals surface area (Å²) < 4.78 is 5.39. The lowest BCUT2D eigenvalue weighted by Crippen LogP contribution is -1.86. The summed E-state index contributed by atoms with van der Waals surface area (Å²) in [7, 11) is 0. The lowest BCUT2D eigenvalue weighted by molar-refractivity contribution is 0.288. The molecular weight excluding hydrogens is 212 g/mol. The first-order valence-electron chi connectivity index (χ1n) is 5.66. The highest BCUT2D eigenvalue weighted by molar-refractivity contribution is 5.74. The van der Waals surface area contributed by atoms with Gasteiger partial charge in [0.05, 0.1) is 12.9 Å². The van der Waals surface area contributed by atoms with Crippen molar-refractivity contribution in [3.63, 3.8) is 0 Å². The molecule has 1 aromatic carbocycles. The quantitative estimate of drug-likeness (QED) is 0.869. The van der Waals surface area contributed by atoms with Crippen LogP contribution in [0.2, 0.25) is 0 Å². The lowest BCUT2D eigenvalue weighted by atomic mass is 9.99. The van der Waals surface area contributed by atoms with Gasteiger partial charge < -0.3 is 9.52 Å². The van der Waals surface area contributed by atoms with Crippen molar-refractivity contribution in [2.45, 2.75) is 13.3 Å². The van der Waals surface area contributed by atoms with Crippen LogP contribution < -0.4 is 0 Å². The fourth-order valence-corrected chi connectivity index (χ4v) is 1.88. The standard InChI is InChI=1S/C15H16O2/c1-3-12-8-11(2)4-5-15(12)13-9-14(6-7-16)17-10-13/h3-5,8-10,16H,1,6-7H2,2H3. The molecule has 0 fully saturated rings. The van der Waals surface area contributed by atoms with E-state index in [1.54, 1.807) is 6.26 Å². The molecular formula is C15H16O2. The lowest BCUT2D eigenvalue weighted by Gasteiger charge is -2.04. The summed E-state index contributed by atoms with van der Waals surface area (Å²) in [5.41, 5.74) is 4.45. The van der Waals surface area contributed by atoms with Gasteiger partial charge in [-0.05, 0) is 24.1 Å². The van der Waals surface area contributed by atoms with E-state index >= 15 is 0 Å². The largest absolute Gasteiger partial charge is 0.469 e. The Kier molecular flexibility index (Phi) is 3.45. The van der Waals surface area contributed by atoms with E-state index in [1.165, 1.54) is 5.56 Å². The van der Waals surface area contributed by atoms with Crippen LogP contribution in [0.25, 0.3) is 17.2 Å². The summed E-state index contributed by atoms with van der Waals surface area (Å²) in [5, 5.41) is 8.86. The molecule has 17 heavy (non-hydrogen) atoms. The maximum atomic E-state index is 8.86. The van der Waals surface area contributed by atoms with Gasteiger partial charge in [-0.1, -0.05) is 36.4 Å². The molecule has 0 atom stereocenters. The van der Waals surface area contributed by atoms with Gasteiger partial charge in [-0.15, -0.1) is 0 Å². The topological polar surface area (TPSA) is 33.4 Å². The first-order valence-corrected chi connectivity index (χ1v) is 5.66. The molecule has 1 heterocycles. The van der Waals surface area contributed by atoms with Crippen LogP contribution in [-0.2, 0) is 6.42 Å². The second kappa shape index (κ2) is 5.02. The van der Waals surface area contributed by atoms with Gasteiger partial charge in [0, 0.05) is 12.0 Å². The molecule has 1 aromatic heterocycles. The van der Waals surface area contributed by atoms with Gasteiger partial charge in [-0.25, -0.2) is 0 Å². The van der Waals surface area contributed by atoms with Crippen LogP contribution in [0, 0.1) is 6.92 Å². The van der Waals surface area contributed by atoms with Crippen molar-refractivity contribution in [3.05, 3.63) is 54.0 Å². The van der Waals surface area contributed by atoms with Crippen LogP contribution in [0.15, 0.2) is 41.5 Å². The number of furan rings is 1. The number of hydrogen-bond acceptors (Lipinski definition) is 2. The van der Waals surface area contributed by atoms with Crippen LogP contribution in [-0.4, -0.2) is 11.7 Å². The number of aliphatic hydroxyl groups excluding tert-OH is 1. The molecule has 0 saturated heterocycles. The van der Waals surface area contributed by atoms with E-state index < -0.39 is 0 Å². The van der Waals surface area contributed by atoms with Gasteiger partial charge >= 0.3 is 0 Å². The van der Waals surface area contributed by atoms with Crippen LogP contribution in [0.1, 0.15) is 16.9 Å². The van der Waals surface area contributed by atoms with E-state index in [1.807, 2.05) is 12.1 Å². The Hall–Kier alpha value is -1.80. The smallest absolute Gasteiger partial charge is 0.106 e. The van der Waals surface area contributed by atoms with Crippen LogP contribution in [0.5, 0.6) is 0 Å². The Morgan fingerprint density at radius 2 is 2.18 bits per heavy atom. The van der Waals surface area contributed by atoms with Crippen molar-refractivity contribution >= 4 is 6.08 Å². The van der Waals surface area contributed by atoms with Gasteiger partial charge in [0.2, 0.25) is 0 Å². The molecule has 2 rings (SSSR count). The molecule has 0 radical (unpaired) electrons. The van der Waals surface area contributed by atoms with Crippen molar-refractivity contribution in [3.8, 4) is 11.1 Å². The molecule has 2 heteroatoms. The predicted molar refractivity (Wildman–Crippen MR) is 69.8 cm³/mol. The molecule has 0 unspecified atom stereocenters. The molecule has 0 saturated carbocycles. The summed E-state index contributed by atoms with van der Waals surface area (Å²) in [6.07, 6.45) is 4.12. The van der Waals surface area contributed by atoms with Crippen molar-refractivity contribution in [1.82, 2.24) is 0 Å². The zero-order valence-electron chi connectivity index (χ0n) is 9.94. The number of benzene rings is 1. The molecule has 0 spiro atoms. The fraction of sp³-hybridized carbons (Fsp3) is 0.200. The highest BCUT2D eigenvalue weighted by Crippen LogP contribution is 2.27. The summed E-state index contributed by atoms with van der Waals surface area (Å²) >= 11 is 0. The van der Waals surface area contributed by atoms with Crippen molar-refractivity contribution < 1.29 is 9.52 Å². The average molecular weight is 228 g/mol. The number of hydrogen-bond donors (Lipinski definition) is 1. The van der Waals surface area contributed by atoms with E-state index in [-0.39, 0.29) is 6.61 Å². The van der Waals surface area contributed by atoms with Crippen LogP contribution >= 0.6 is 0 Å². The highest BCUT2D eigenvalue weighted by Gasteiger charge is 2.07. The minimum Gasteiger partial charge on any atom is -0.469 e. The Balaban J connectivity index is 2.41. The molecule has 88 valence electrons. The normalized spacial score (nSPS) is 10.5. The molecule has 2 nitrogen and oxygen atoms in total. The van der Waals surface area contributed by atoms with Crippen LogP contribution in [0.4, 0.5) is 0 Å². The molecule has 0 aliphatic carbocycles. The zero-order chi connectivity index (χ0) is 12.3. The Bertz CT molecular complexity index is 523. The van der Waals surface area contributed by atoms with Crippen molar-refractivity contribution in [2.75, 3.05) is 6.61 Å². The van der Waals surface area contributed by atoms with E-state index in [0.29, 0.717) is 6.42 Å². The van der Waals surface area contributed by atoms with E-state index in [0.717, 1.165) is 22.5 Å². The minimum absolute atomic E-state index is 0.106. The highest BCUT2D eigenvalue weighted by atomic mass is 16.3. The Labute approximate surface area is 101 Å². The maximum absolute atomic E-state index is 8.86. The van der Waals surface area contributed by atoms with E-state index in [2.05, 4.69) is 31.7 Å². The van der Waals surface area contributed by atoms with Gasteiger partial charge in [-0.3, -0.25) is 0 Å². The number of aliphatic hydroxyl groups is 1. The van der Waals surface area contributed by atoms with Crippen molar-refractivity contribution in [2.24, 2.45) is 0 Å². The summed E-state index contributed by atoms with van der Waals surface area (Å²) in [4.78, 5) is 0. The van der Waals surface area contributed by atoms with E-state index in [9.17, 15) is 0 Å². The van der Waals surface area contributed by atoms with Gasteiger partial charge in [-0.2, -0.15) is 0 Å². The fourth-order valence-electron chi connectivity index (χ4n) is 1.88. The van der Waals surface area contributed by atoms with Gasteiger partial charge in [0.25, 0.3) is 0 Å². The molecule has 0 aliphatic heterocycles. The second-order valence-electron chi connectivity index (χ2n) is 4.07.